The molecular formula is C39H62N12O6. The Kier molecular flexibility index (Phi) is 22.7. The van der Waals surface area contributed by atoms with Crippen LogP contribution in [0.1, 0.15) is 68.1 Å². The Bertz CT molecular complexity index is 1670. The van der Waals surface area contributed by atoms with Crippen LogP contribution in [0.3, 0.4) is 0 Å². The Labute approximate surface area is 335 Å². The number of nitrogens with one attached hydrogen (secondary N) is 5. The minimum absolute atomic E-state index is 0.0174. The van der Waals surface area contributed by atoms with Crippen molar-refractivity contribution in [3.05, 3.63) is 64.8 Å². The number of benzene rings is 1. The monoisotopic (exact) mass is 794 g/mol. The minimum atomic E-state index is -0.861. The minimum Gasteiger partial charge on any atom is -0.496 e. The van der Waals surface area contributed by atoms with Crippen LogP contribution in [0.5, 0.6) is 5.75 Å². The van der Waals surface area contributed by atoms with Gasteiger partial charge in [-0.3, -0.25) is 34.5 Å². The molecule has 1 aliphatic rings. The number of allylic oxidation sites excluding steroid dienone is 4. The lowest BCUT2D eigenvalue weighted by Gasteiger charge is -2.19. The molecule has 0 bridgehead atoms. The number of hydrogen-bond acceptors (Lipinski definition) is 12. The summed E-state index contributed by atoms with van der Waals surface area (Å²) < 4.78 is 10.9. The van der Waals surface area contributed by atoms with Crippen LogP contribution in [0.2, 0.25) is 0 Å². The van der Waals surface area contributed by atoms with Gasteiger partial charge in [0.25, 0.3) is 0 Å². The molecule has 0 radical (unpaired) electrons. The smallest absolute Gasteiger partial charge is 0.241 e. The number of carbonyl (C=O) groups is 4. The van der Waals surface area contributed by atoms with E-state index in [9.17, 15) is 19.2 Å². The van der Waals surface area contributed by atoms with Gasteiger partial charge < -0.3 is 59.4 Å². The van der Waals surface area contributed by atoms with Crippen molar-refractivity contribution in [2.24, 2.45) is 38.7 Å². The first-order valence-corrected chi connectivity index (χ1v) is 19.1. The molecule has 0 aliphatic heterocycles. The normalized spacial score (nSPS) is 13.2. The van der Waals surface area contributed by atoms with E-state index in [-0.39, 0.29) is 72.3 Å². The van der Waals surface area contributed by atoms with Gasteiger partial charge in [0.2, 0.25) is 11.8 Å². The molecule has 2 rings (SSSR count). The summed E-state index contributed by atoms with van der Waals surface area (Å²) in [5.74, 6) is -0.852. The number of unbranched alkanes of at least 4 members (excludes halogenated alkanes) is 4. The first-order chi connectivity index (χ1) is 27.4. The zero-order valence-corrected chi connectivity index (χ0v) is 33.5. The highest BCUT2D eigenvalue weighted by molar-refractivity contribution is 6.03. The van der Waals surface area contributed by atoms with E-state index < -0.39 is 18.0 Å². The molecule has 0 unspecified atom stereocenters. The molecule has 18 nitrogen and oxygen atoms in total. The number of rotatable bonds is 29. The van der Waals surface area contributed by atoms with Crippen LogP contribution in [-0.4, -0.2) is 108 Å². The third-order valence-electron chi connectivity index (χ3n) is 8.79. The van der Waals surface area contributed by atoms with Crippen molar-refractivity contribution >= 4 is 41.0 Å². The van der Waals surface area contributed by atoms with E-state index in [0.29, 0.717) is 56.0 Å². The van der Waals surface area contributed by atoms with Gasteiger partial charge in [0, 0.05) is 30.5 Å². The van der Waals surface area contributed by atoms with Gasteiger partial charge in [0.05, 0.1) is 45.0 Å². The van der Waals surface area contributed by atoms with Gasteiger partial charge in [-0.1, -0.05) is 19.3 Å². The summed E-state index contributed by atoms with van der Waals surface area (Å²) in [5, 5.41) is 14.9. The van der Waals surface area contributed by atoms with Gasteiger partial charge in [0.1, 0.15) is 17.1 Å². The fraction of sp³-hybridized carbons (Fsp3) is 0.513. The van der Waals surface area contributed by atoms with Crippen molar-refractivity contribution < 1.29 is 28.7 Å². The number of Topliss-reactive ketones (excluding diaryl/α,β-unsaturated/α-hetero) is 2. The number of anilines is 1. The van der Waals surface area contributed by atoms with Gasteiger partial charge in [-0.15, -0.1) is 5.73 Å². The zero-order valence-electron chi connectivity index (χ0n) is 33.5. The second-order valence-corrected chi connectivity index (χ2v) is 13.2. The standard InChI is InChI=1S/C39H62N12O6/c1-45-30(11-9-21-47-38(41)42)36(54)51-27-15-18-35(57-3)29(23-27)33(53)25-49-31(12-10-22-48-39(43)44)37(55)50-26-13-16-28(34(56-2)17-14-26)32(52)24-46-20-8-6-4-5-7-19-40/h13-15,17-18,23,30-31,45-46,49H,4-12,19-22,24-25,40H2,1-3H3,(H,50,55)(H,51,54)(H4,41,42,47)(H4,43,44,48)/t30-,31-/m1/s1. The zero-order chi connectivity index (χ0) is 42.0. The molecule has 2 atom stereocenters. The van der Waals surface area contributed by atoms with Gasteiger partial charge in [0.15, 0.2) is 23.5 Å². The van der Waals surface area contributed by atoms with E-state index in [1.54, 1.807) is 31.3 Å². The molecule has 0 aromatic heterocycles. The van der Waals surface area contributed by atoms with Crippen LogP contribution in [-0.2, 0) is 19.1 Å². The fourth-order valence-corrected chi connectivity index (χ4v) is 5.71. The molecular weight excluding hydrogens is 733 g/mol. The Morgan fingerprint density at radius 2 is 1.42 bits per heavy atom. The molecule has 0 heterocycles. The van der Waals surface area contributed by atoms with E-state index in [1.165, 1.54) is 26.4 Å². The van der Waals surface area contributed by atoms with Gasteiger partial charge in [-0.2, -0.15) is 0 Å². The molecule has 15 N–H and O–H groups in total. The van der Waals surface area contributed by atoms with Crippen molar-refractivity contribution in [3.63, 3.8) is 0 Å². The number of ketones is 2. The largest absolute Gasteiger partial charge is 0.496 e. The molecule has 0 saturated heterocycles. The first-order valence-electron chi connectivity index (χ1n) is 19.1. The highest BCUT2D eigenvalue weighted by Gasteiger charge is 2.23. The number of nitrogens with two attached hydrogens (primary N) is 5. The molecule has 57 heavy (non-hydrogen) atoms. The number of likely N-dealkylation sites (N-methyl/N-ethyl adjacent to an activating group) is 1. The maximum Gasteiger partial charge on any atom is 0.241 e. The predicted molar refractivity (Wildman–Crippen MR) is 223 cm³/mol. The van der Waals surface area contributed by atoms with Gasteiger partial charge in [-0.25, -0.2) is 0 Å². The average molecular weight is 795 g/mol. The maximum atomic E-state index is 13.7. The van der Waals surface area contributed by atoms with E-state index >= 15 is 0 Å². The number of ether oxygens (including phenoxy) is 2. The summed E-state index contributed by atoms with van der Waals surface area (Å²) >= 11 is 0. The molecule has 0 fully saturated rings. The van der Waals surface area contributed by atoms with Crippen LogP contribution in [0, 0.1) is 0 Å². The summed E-state index contributed by atoms with van der Waals surface area (Å²) in [5.41, 5.74) is 31.4. The summed E-state index contributed by atoms with van der Waals surface area (Å²) in [4.78, 5) is 61.3. The third kappa shape index (κ3) is 18.3. The molecule has 18 heteroatoms. The predicted octanol–water partition coefficient (Wildman–Crippen LogP) is 0.163. The van der Waals surface area contributed by atoms with Crippen LogP contribution in [0.4, 0.5) is 5.69 Å². The lowest BCUT2D eigenvalue weighted by atomic mass is 10.1. The van der Waals surface area contributed by atoms with Crippen LogP contribution in [0.15, 0.2) is 69.2 Å². The van der Waals surface area contributed by atoms with Crippen molar-refractivity contribution in [3.8, 4) is 5.75 Å². The average Bonchev–Trinajstić information content (AvgIpc) is 3.40. The Morgan fingerprint density at radius 3 is 2.05 bits per heavy atom. The second-order valence-electron chi connectivity index (χ2n) is 13.2. The van der Waals surface area contributed by atoms with Crippen LogP contribution >= 0.6 is 0 Å². The second kappa shape index (κ2) is 27.1. The molecule has 0 spiro atoms. The summed E-state index contributed by atoms with van der Waals surface area (Å²) in [6.07, 6.45) is 11.7. The number of methoxy groups -OCH3 is 2. The lowest BCUT2D eigenvalue weighted by molar-refractivity contribution is -0.122. The highest BCUT2D eigenvalue weighted by Crippen LogP contribution is 2.24. The Morgan fingerprint density at radius 1 is 0.772 bits per heavy atom. The van der Waals surface area contributed by atoms with Crippen LogP contribution in [0.25, 0.3) is 0 Å². The highest BCUT2D eigenvalue weighted by atomic mass is 16.5. The maximum absolute atomic E-state index is 13.7. The number of nitrogens with zero attached hydrogens (tertiary/aromatic N) is 2. The molecule has 314 valence electrons. The van der Waals surface area contributed by atoms with E-state index in [1.807, 2.05) is 0 Å². The lowest BCUT2D eigenvalue weighted by Crippen LogP contribution is -2.45. The van der Waals surface area contributed by atoms with Crippen molar-refractivity contribution in [2.45, 2.75) is 69.9 Å². The topological polar surface area (TPSA) is 302 Å². The number of guanidine groups is 2. The van der Waals surface area contributed by atoms with Crippen LogP contribution < -0.4 is 60.0 Å². The Hall–Kier alpha value is -5.52. The first kappa shape index (κ1) is 47.6. The molecule has 0 saturated carbocycles. The third-order valence-corrected chi connectivity index (χ3v) is 8.79. The van der Waals surface area contributed by atoms with Crippen molar-refractivity contribution in [1.82, 2.24) is 21.3 Å². The summed E-state index contributed by atoms with van der Waals surface area (Å²) in [6, 6.07) is 3.33. The number of hydrogen-bond donors (Lipinski definition) is 10. The summed E-state index contributed by atoms with van der Waals surface area (Å²) in [7, 11) is 4.56. The molecule has 1 aliphatic carbocycles. The van der Waals surface area contributed by atoms with E-state index in [0.717, 1.165) is 32.1 Å². The van der Waals surface area contributed by atoms with Gasteiger partial charge in [-0.05, 0) is 89.0 Å². The van der Waals surface area contributed by atoms with Gasteiger partial charge >= 0.3 is 0 Å². The number of aliphatic imine (C=N–C) groups is 2. The SMILES string of the molecule is CN[C@H](CCCN=C(N)N)C(=O)Nc1ccc(OC)c(C(=O)CN[C@H](CCCN=C(N)N)C(=O)NC2=CC=C(OC)C(C(=O)CNCCCCCCCN)=C=C2)c1. The molecule has 1 aromatic carbocycles. The quantitative estimate of drug-likeness (QED) is 0.0170. The van der Waals surface area contributed by atoms with Crippen molar-refractivity contribution in [1.29, 1.82) is 0 Å². The summed E-state index contributed by atoms with van der Waals surface area (Å²) in [6.45, 7) is 1.90. The molecule has 2 amide bonds. The molecule has 1 aromatic rings. The fourth-order valence-electron chi connectivity index (χ4n) is 5.71. The number of carbonyl (C=O) groups excluding carboxylic acids is 4. The Balaban J connectivity index is 2.15. The van der Waals surface area contributed by atoms with E-state index in [4.69, 9.17) is 38.1 Å². The number of amides is 2. The van der Waals surface area contributed by atoms with Crippen molar-refractivity contribution in [2.75, 3.05) is 65.9 Å². The van der Waals surface area contributed by atoms with E-state index in [2.05, 4.69) is 42.3 Å².